The molecule has 6 nitrogen and oxygen atoms in total. The molecule has 1 fully saturated rings. The molecule has 4 aromatic rings. The van der Waals surface area contributed by atoms with Gasteiger partial charge in [-0.15, -0.1) is 0 Å². The van der Waals surface area contributed by atoms with Crippen molar-refractivity contribution in [2.75, 3.05) is 18.5 Å². The molecule has 2 amide bonds. The number of likely N-dealkylation sites (tertiary alicyclic amines) is 1. The first-order valence-electron chi connectivity index (χ1n) is 11.2. The van der Waals surface area contributed by atoms with Gasteiger partial charge in [-0.05, 0) is 61.7 Å². The molecule has 0 bridgehead atoms. The first kappa shape index (κ1) is 21.9. The Kier molecular flexibility index (Phi) is 5.88. The van der Waals surface area contributed by atoms with Gasteiger partial charge >= 0.3 is 6.03 Å². The molecule has 0 spiro atoms. The maximum Gasteiger partial charge on any atom is 0.322 e. The van der Waals surface area contributed by atoms with Gasteiger partial charge in [0.15, 0.2) is 5.58 Å². The number of oxazole rings is 1. The highest BCUT2D eigenvalue weighted by Gasteiger charge is 2.34. The third kappa shape index (κ3) is 4.19. The van der Waals surface area contributed by atoms with Crippen molar-refractivity contribution in [3.05, 3.63) is 78.2 Å². The first-order valence-corrected chi connectivity index (χ1v) is 11.2. The van der Waals surface area contributed by atoms with Crippen LogP contribution in [0.2, 0.25) is 0 Å². The van der Waals surface area contributed by atoms with Crippen LogP contribution >= 0.6 is 0 Å². The SMILES string of the molecule is CCOc1ccccc1NC(=O)N1CCC[C@@H]1c1nc2cc(-c3ccc(F)cc3F)ccc2o1. The van der Waals surface area contributed by atoms with Crippen LogP contribution in [0.1, 0.15) is 31.7 Å². The quantitative estimate of drug-likeness (QED) is 0.365. The summed E-state index contributed by atoms with van der Waals surface area (Å²) < 4.78 is 39.1. The lowest BCUT2D eigenvalue weighted by atomic mass is 10.0. The molecular formula is C26H23F2N3O3. The van der Waals surface area contributed by atoms with Gasteiger partial charge in [-0.3, -0.25) is 0 Å². The zero-order chi connectivity index (χ0) is 23.7. The minimum absolute atomic E-state index is 0.258. The summed E-state index contributed by atoms with van der Waals surface area (Å²) in [7, 11) is 0. The molecule has 0 saturated carbocycles. The number of carbonyl (C=O) groups is 1. The van der Waals surface area contributed by atoms with Crippen molar-refractivity contribution in [2.24, 2.45) is 0 Å². The van der Waals surface area contributed by atoms with Gasteiger partial charge in [0.2, 0.25) is 5.89 Å². The standard InChI is InChI=1S/C26H23F2N3O3/c1-2-33-23-8-4-3-6-20(23)30-26(32)31-13-5-7-22(31)25-29-21-14-16(9-12-24(21)34-25)18-11-10-17(27)15-19(18)28/h3-4,6,8-12,14-15,22H,2,5,7,13H2,1H3,(H,30,32)/t22-/m1/s1. The van der Waals surface area contributed by atoms with Crippen molar-refractivity contribution in [1.29, 1.82) is 0 Å². The Morgan fingerprint density at radius 3 is 2.85 bits per heavy atom. The third-order valence-corrected chi connectivity index (χ3v) is 5.87. The molecule has 8 heteroatoms. The molecule has 1 N–H and O–H groups in total. The number of rotatable bonds is 5. The van der Waals surface area contributed by atoms with Crippen LogP contribution in [0.5, 0.6) is 5.75 Å². The van der Waals surface area contributed by atoms with Crippen molar-refractivity contribution in [2.45, 2.75) is 25.8 Å². The number of nitrogens with zero attached hydrogens (tertiary/aromatic N) is 2. The van der Waals surface area contributed by atoms with Gasteiger partial charge in [0, 0.05) is 18.2 Å². The van der Waals surface area contributed by atoms with Gasteiger partial charge in [0.05, 0.1) is 12.3 Å². The van der Waals surface area contributed by atoms with Crippen LogP contribution < -0.4 is 10.1 Å². The fourth-order valence-electron chi connectivity index (χ4n) is 4.28. The molecule has 1 saturated heterocycles. The van der Waals surface area contributed by atoms with Crippen molar-refractivity contribution < 1.29 is 22.7 Å². The lowest BCUT2D eigenvalue weighted by Crippen LogP contribution is -2.34. The van der Waals surface area contributed by atoms with Crippen LogP contribution in [-0.2, 0) is 0 Å². The summed E-state index contributed by atoms with van der Waals surface area (Å²) in [5.74, 6) is -0.238. The molecule has 1 aliphatic heterocycles. The van der Waals surface area contributed by atoms with Crippen LogP contribution in [-0.4, -0.2) is 29.1 Å². The van der Waals surface area contributed by atoms with E-state index in [1.165, 1.54) is 12.1 Å². The number of nitrogens with one attached hydrogen (secondary N) is 1. The summed E-state index contributed by atoms with van der Waals surface area (Å²) in [6.45, 7) is 2.95. The topological polar surface area (TPSA) is 67.6 Å². The van der Waals surface area contributed by atoms with E-state index < -0.39 is 11.6 Å². The van der Waals surface area contributed by atoms with E-state index in [-0.39, 0.29) is 17.6 Å². The number of aromatic nitrogens is 1. The molecule has 1 aliphatic rings. The van der Waals surface area contributed by atoms with E-state index in [9.17, 15) is 13.6 Å². The van der Waals surface area contributed by atoms with E-state index in [0.29, 0.717) is 53.6 Å². The fraction of sp³-hybridized carbons (Fsp3) is 0.231. The number of anilines is 1. The average molecular weight is 463 g/mol. The number of benzene rings is 3. The molecule has 0 unspecified atom stereocenters. The number of amides is 2. The van der Waals surface area contributed by atoms with Crippen molar-refractivity contribution in [1.82, 2.24) is 9.88 Å². The van der Waals surface area contributed by atoms with E-state index in [1.54, 1.807) is 29.2 Å². The minimum Gasteiger partial charge on any atom is -0.492 e. The molecule has 5 rings (SSSR count). The van der Waals surface area contributed by atoms with E-state index in [0.717, 1.165) is 12.5 Å². The van der Waals surface area contributed by atoms with E-state index >= 15 is 0 Å². The Bertz CT molecular complexity index is 1350. The van der Waals surface area contributed by atoms with Gasteiger partial charge in [-0.1, -0.05) is 18.2 Å². The zero-order valence-electron chi connectivity index (χ0n) is 18.6. The lowest BCUT2D eigenvalue weighted by Gasteiger charge is -2.23. The summed E-state index contributed by atoms with van der Waals surface area (Å²) in [6.07, 6.45) is 1.53. The fourth-order valence-corrected chi connectivity index (χ4v) is 4.28. The van der Waals surface area contributed by atoms with Gasteiger partial charge in [0.25, 0.3) is 0 Å². The van der Waals surface area contributed by atoms with Crippen LogP contribution in [0.25, 0.3) is 22.2 Å². The van der Waals surface area contributed by atoms with E-state index in [4.69, 9.17) is 9.15 Å². The van der Waals surface area contributed by atoms with Crippen molar-refractivity contribution in [3.8, 4) is 16.9 Å². The average Bonchev–Trinajstić information content (AvgIpc) is 3.47. The van der Waals surface area contributed by atoms with Crippen molar-refractivity contribution in [3.63, 3.8) is 0 Å². The smallest absolute Gasteiger partial charge is 0.322 e. The minimum atomic E-state index is -0.644. The molecule has 0 aliphatic carbocycles. The summed E-state index contributed by atoms with van der Waals surface area (Å²) in [6, 6.07) is 15.3. The number of carbonyl (C=O) groups excluding carboxylic acids is 1. The number of fused-ring (bicyclic) bond motifs is 1. The Balaban J connectivity index is 1.40. The van der Waals surface area contributed by atoms with Gasteiger partial charge in [-0.25, -0.2) is 18.6 Å². The maximum absolute atomic E-state index is 14.2. The Labute approximate surface area is 195 Å². The summed E-state index contributed by atoms with van der Waals surface area (Å²) >= 11 is 0. The highest BCUT2D eigenvalue weighted by molar-refractivity contribution is 5.91. The second kappa shape index (κ2) is 9.13. The molecule has 174 valence electrons. The molecule has 2 heterocycles. The normalized spacial score (nSPS) is 15.6. The highest BCUT2D eigenvalue weighted by Crippen LogP contribution is 2.35. The second-order valence-electron chi connectivity index (χ2n) is 8.07. The molecule has 3 aromatic carbocycles. The Hall–Kier alpha value is -3.94. The number of hydrogen-bond donors (Lipinski definition) is 1. The van der Waals surface area contributed by atoms with E-state index in [2.05, 4.69) is 10.3 Å². The summed E-state index contributed by atoms with van der Waals surface area (Å²) in [5.41, 5.74) is 2.53. The predicted octanol–water partition coefficient (Wildman–Crippen LogP) is 6.54. The van der Waals surface area contributed by atoms with Crippen molar-refractivity contribution >= 4 is 22.8 Å². The Morgan fingerprint density at radius 1 is 1.18 bits per heavy atom. The monoisotopic (exact) mass is 463 g/mol. The van der Waals surface area contributed by atoms with Crippen LogP contribution in [0.15, 0.2) is 65.1 Å². The van der Waals surface area contributed by atoms with Crippen LogP contribution in [0.3, 0.4) is 0 Å². The molecule has 34 heavy (non-hydrogen) atoms. The Morgan fingerprint density at radius 2 is 2.03 bits per heavy atom. The summed E-state index contributed by atoms with van der Waals surface area (Å²) in [5, 5.41) is 2.93. The third-order valence-electron chi connectivity index (χ3n) is 5.87. The van der Waals surface area contributed by atoms with Gasteiger partial charge < -0.3 is 19.4 Å². The number of hydrogen-bond acceptors (Lipinski definition) is 4. The summed E-state index contributed by atoms with van der Waals surface area (Å²) in [4.78, 5) is 19.4. The number of ether oxygens (including phenoxy) is 1. The molecule has 1 atom stereocenters. The predicted molar refractivity (Wildman–Crippen MR) is 125 cm³/mol. The van der Waals surface area contributed by atoms with Crippen LogP contribution in [0.4, 0.5) is 19.3 Å². The number of para-hydroxylation sites is 2. The van der Waals surface area contributed by atoms with Gasteiger partial charge in [0.1, 0.15) is 28.9 Å². The van der Waals surface area contributed by atoms with E-state index in [1.807, 2.05) is 25.1 Å². The number of halogens is 2. The molecule has 1 aromatic heterocycles. The first-order chi connectivity index (χ1) is 16.5. The number of urea groups is 1. The molecular weight excluding hydrogens is 440 g/mol. The maximum atomic E-state index is 14.2. The highest BCUT2D eigenvalue weighted by atomic mass is 19.1. The second-order valence-corrected chi connectivity index (χ2v) is 8.07. The molecule has 0 radical (unpaired) electrons. The lowest BCUT2D eigenvalue weighted by molar-refractivity contribution is 0.198. The zero-order valence-corrected chi connectivity index (χ0v) is 18.6. The largest absolute Gasteiger partial charge is 0.492 e. The van der Waals surface area contributed by atoms with Gasteiger partial charge in [-0.2, -0.15) is 0 Å². The van der Waals surface area contributed by atoms with Crippen LogP contribution in [0, 0.1) is 11.6 Å².